The van der Waals surface area contributed by atoms with Crippen LogP contribution < -0.4 is 5.32 Å². The highest BCUT2D eigenvalue weighted by Crippen LogP contribution is 2.23. The Morgan fingerprint density at radius 1 is 1.27 bits per heavy atom. The van der Waals surface area contributed by atoms with Crippen LogP contribution in [-0.2, 0) is 0 Å². The summed E-state index contributed by atoms with van der Waals surface area (Å²) >= 11 is 0. The van der Waals surface area contributed by atoms with Gasteiger partial charge in [0.25, 0.3) is 0 Å². The molecule has 0 aromatic carbocycles. The third-order valence-electron chi connectivity index (χ3n) is 2.43. The van der Waals surface area contributed by atoms with Gasteiger partial charge in [-0.1, -0.05) is 0 Å². The highest BCUT2D eigenvalue weighted by molar-refractivity contribution is 5.15. The van der Waals surface area contributed by atoms with Gasteiger partial charge >= 0.3 is 0 Å². The molecule has 1 aromatic rings. The van der Waals surface area contributed by atoms with Crippen molar-refractivity contribution in [3.8, 4) is 0 Å². The summed E-state index contributed by atoms with van der Waals surface area (Å²) in [4.78, 5) is 3.11. The third kappa shape index (κ3) is 1.46. The van der Waals surface area contributed by atoms with Crippen molar-refractivity contribution in [3.63, 3.8) is 0 Å². The second kappa shape index (κ2) is 3.09. The van der Waals surface area contributed by atoms with Crippen molar-refractivity contribution >= 4 is 0 Å². The van der Waals surface area contributed by atoms with Gasteiger partial charge in [-0.05, 0) is 43.5 Å². The summed E-state index contributed by atoms with van der Waals surface area (Å²) in [6, 6.07) is 2.19. The maximum atomic E-state index is 3.37. The van der Waals surface area contributed by atoms with Crippen LogP contribution in [-0.4, -0.2) is 18.1 Å². The fourth-order valence-corrected chi connectivity index (χ4v) is 1.75. The largest absolute Gasteiger partial charge is 0.367 e. The molecule has 0 saturated carbocycles. The zero-order valence-electron chi connectivity index (χ0n) is 6.64. The number of rotatable bonds is 1. The van der Waals surface area contributed by atoms with Gasteiger partial charge in [-0.3, -0.25) is 0 Å². The van der Waals surface area contributed by atoms with Crippen LogP contribution in [0.15, 0.2) is 18.5 Å². The number of H-pyrrole nitrogens is 1. The van der Waals surface area contributed by atoms with Crippen LogP contribution in [0.1, 0.15) is 24.3 Å². The van der Waals surface area contributed by atoms with Gasteiger partial charge in [0.15, 0.2) is 0 Å². The van der Waals surface area contributed by atoms with E-state index in [1.807, 2.05) is 6.20 Å². The van der Waals surface area contributed by atoms with E-state index >= 15 is 0 Å². The van der Waals surface area contributed by atoms with Gasteiger partial charge in [0.05, 0.1) is 0 Å². The monoisotopic (exact) mass is 150 g/mol. The number of hydrogen-bond acceptors (Lipinski definition) is 1. The Hall–Kier alpha value is -0.760. The van der Waals surface area contributed by atoms with Crippen molar-refractivity contribution in [1.82, 2.24) is 10.3 Å². The molecule has 60 valence electrons. The molecule has 2 heterocycles. The normalized spacial score (nSPS) is 20.4. The fourth-order valence-electron chi connectivity index (χ4n) is 1.75. The topological polar surface area (TPSA) is 27.8 Å². The number of aromatic amines is 1. The van der Waals surface area contributed by atoms with Crippen molar-refractivity contribution in [2.75, 3.05) is 13.1 Å². The summed E-state index contributed by atoms with van der Waals surface area (Å²) in [5.41, 5.74) is 1.48. The molecule has 0 bridgehead atoms. The number of piperidine rings is 1. The molecule has 0 aliphatic carbocycles. The zero-order valence-corrected chi connectivity index (χ0v) is 6.64. The molecule has 2 nitrogen and oxygen atoms in total. The second-order valence-corrected chi connectivity index (χ2v) is 3.17. The lowest BCUT2D eigenvalue weighted by Crippen LogP contribution is -2.26. The highest BCUT2D eigenvalue weighted by atomic mass is 14.9. The van der Waals surface area contributed by atoms with E-state index < -0.39 is 0 Å². The minimum atomic E-state index is 0.794. The number of nitrogens with one attached hydrogen (secondary N) is 2. The first kappa shape index (κ1) is 6.92. The molecule has 1 saturated heterocycles. The zero-order chi connectivity index (χ0) is 7.52. The standard InChI is InChI=1S/C9H14N2/c1-4-10-5-2-8(1)9-3-6-11-7-9/h3,6-8,10-11H,1-2,4-5H2. The van der Waals surface area contributed by atoms with Crippen molar-refractivity contribution in [2.24, 2.45) is 0 Å². The molecular formula is C9H14N2. The summed E-state index contributed by atoms with van der Waals surface area (Å²) in [6.07, 6.45) is 6.71. The summed E-state index contributed by atoms with van der Waals surface area (Å²) in [7, 11) is 0. The van der Waals surface area contributed by atoms with Gasteiger partial charge < -0.3 is 10.3 Å². The number of aromatic nitrogens is 1. The minimum Gasteiger partial charge on any atom is -0.367 e. The molecule has 0 amide bonds. The Balaban J connectivity index is 2.04. The molecule has 2 rings (SSSR count). The quantitative estimate of drug-likeness (QED) is 0.623. The van der Waals surface area contributed by atoms with Crippen LogP contribution in [0.25, 0.3) is 0 Å². The first-order valence-electron chi connectivity index (χ1n) is 4.30. The van der Waals surface area contributed by atoms with Gasteiger partial charge in [-0.25, -0.2) is 0 Å². The van der Waals surface area contributed by atoms with E-state index in [1.165, 1.54) is 31.5 Å². The average Bonchev–Trinajstić information content (AvgIpc) is 2.58. The number of hydrogen-bond donors (Lipinski definition) is 2. The second-order valence-electron chi connectivity index (χ2n) is 3.17. The van der Waals surface area contributed by atoms with Crippen LogP contribution >= 0.6 is 0 Å². The molecule has 0 radical (unpaired) electrons. The molecule has 1 aliphatic heterocycles. The summed E-state index contributed by atoms with van der Waals surface area (Å²) in [5, 5.41) is 3.37. The predicted molar refractivity (Wildman–Crippen MR) is 45.6 cm³/mol. The summed E-state index contributed by atoms with van der Waals surface area (Å²) in [6.45, 7) is 2.35. The van der Waals surface area contributed by atoms with Gasteiger partial charge in [-0.2, -0.15) is 0 Å². The molecule has 1 aliphatic rings. The maximum Gasteiger partial charge on any atom is 0.00401 e. The van der Waals surface area contributed by atoms with Crippen LogP contribution in [0.5, 0.6) is 0 Å². The van der Waals surface area contributed by atoms with Crippen molar-refractivity contribution in [1.29, 1.82) is 0 Å². The lowest BCUT2D eigenvalue weighted by Gasteiger charge is -2.21. The van der Waals surface area contributed by atoms with Gasteiger partial charge in [0, 0.05) is 12.4 Å². The van der Waals surface area contributed by atoms with Gasteiger partial charge in [0.1, 0.15) is 0 Å². The third-order valence-corrected chi connectivity index (χ3v) is 2.43. The smallest absolute Gasteiger partial charge is 0.00401 e. The summed E-state index contributed by atoms with van der Waals surface area (Å²) in [5.74, 6) is 0.794. The van der Waals surface area contributed by atoms with E-state index in [2.05, 4.69) is 22.6 Å². The van der Waals surface area contributed by atoms with E-state index in [0.717, 1.165) is 5.92 Å². The molecule has 1 aromatic heterocycles. The van der Waals surface area contributed by atoms with Crippen LogP contribution in [0.2, 0.25) is 0 Å². The molecule has 2 N–H and O–H groups in total. The van der Waals surface area contributed by atoms with Gasteiger partial charge in [-0.15, -0.1) is 0 Å². The Morgan fingerprint density at radius 3 is 2.73 bits per heavy atom. The molecule has 1 fully saturated rings. The van der Waals surface area contributed by atoms with Gasteiger partial charge in [0.2, 0.25) is 0 Å². The molecule has 0 atom stereocenters. The van der Waals surface area contributed by atoms with Crippen LogP contribution in [0, 0.1) is 0 Å². The predicted octanol–water partition coefficient (Wildman–Crippen LogP) is 1.48. The molecule has 11 heavy (non-hydrogen) atoms. The van der Waals surface area contributed by atoms with Crippen LogP contribution in [0.3, 0.4) is 0 Å². The van der Waals surface area contributed by atoms with E-state index in [1.54, 1.807) is 0 Å². The SMILES string of the molecule is c1cc(C2CCNCC2)c[nH]1. The van der Waals surface area contributed by atoms with Crippen molar-refractivity contribution < 1.29 is 0 Å². The first-order valence-corrected chi connectivity index (χ1v) is 4.30. The fraction of sp³-hybridized carbons (Fsp3) is 0.556. The maximum absolute atomic E-state index is 3.37. The lowest BCUT2D eigenvalue weighted by atomic mass is 9.92. The first-order chi connectivity index (χ1) is 5.47. The van der Waals surface area contributed by atoms with Crippen LogP contribution in [0.4, 0.5) is 0 Å². The van der Waals surface area contributed by atoms with Crippen molar-refractivity contribution in [2.45, 2.75) is 18.8 Å². The Labute approximate surface area is 67.0 Å². The van der Waals surface area contributed by atoms with E-state index in [4.69, 9.17) is 0 Å². The Kier molecular flexibility index (Phi) is 1.95. The minimum absolute atomic E-state index is 0.794. The highest BCUT2D eigenvalue weighted by Gasteiger charge is 2.14. The lowest BCUT2D eigenvalue weighted by molar-refractivity contribution is 0.461. The molecular weight excluding hydrogens is 136 g/mol. The average molecular weight is 150 g/mol. The van der Waals surface area contributed by atoms with E-state index in [0.29, 0.717) is 0 Å². The van der Waals surface area contributed by atoms with Crippen molar-refractivity contribution in [3.05, 3.63) is 24.0 Å². The van der Waals surface area contributed by atoms with E-state index in [-0.39, 0.29) is 0 Å². The Morgan fingerprint density at radius 2 is 2.09 bits per heavy atom. The molecule has 0 spiro atoms. The van der Waals surface area contributed by atoms with E-state index in [9.17, 15) is 0 Å². The Bertz CT molecular complexity index is 197. The summed E-state index contributed by atoms with van der Waals surface area (Å²) < 4.78 is 0. The molecule has 0 unspecified atom stereocenters. The molecule has 2 heteroatoms.